The second-order valence-corrected chi connectivity index (χ2v) is 9.06. The summed E-state index contributed by atoms with van der Waals surface area (Å²) >= 11 is 0. The number of nitro benzene ring substituents is 2. The predicted octanol–water partition coefficient (Wildman–Crippen LogP) is 8.94. The molecule has 0 aliphatic heterocycles. The van der Waals surface area contributed by atoms with Gasteiger partial charge in [-0.3, -0.25) is 25.7 Å². The van der Waals surface area contributed by atoms with Crippen LogP contribution < -0.4 is 5.43 Å². The largest absolute Gasteiger partial charge is 0.301 e. The van der Waals surface area contributed by atoms with Crippen molar-refractivity contribution in [3.63, 3.8) is 0 Å². The number of nitrogens with zero attached hydrogens (tertiary/aromatic N) is 3. The molecule has 0 aromatic heterocycles. The number of hydrazone groups is 1. The van der Waals surface area contributed by atoms with Crippen LogP contribution in [0.5, 0.6) is 0 Å². The number of nitro groups is 2. The van der Waals surface area contributed by atoms with Crippen molar-refractivity contribution in [2.24, 2.45) is 5.10 Å². The lowest BCUT2D eigenvalue weighted by Crippen LogP contribution is -2.03. The van der Waals surface area contributed by atoms with E-state index in [0.717, 1.165) is 37.5 Å². The molecular formula is C26H44N4O4. The lowest BCUT2D eigenvalue weighted by atomic mass is 10.0. The Bertz CT molecular complexity index is 752. The van der Waals surface area contributed by atoms with E-state index in [1.165, 1.54) is 95.6 Å². The number of non-ortho nitro benzene ring substituents is 1. The smallest absolute Gasteiger partial charge is 0.272 e. The Morgan fingerprint density at radius 1 is 0.765 bits per heavy atom. The molecule has 0 aliphatic carbocycles. The lowest BCUT2D eigenvalue weighted by Gasteiger charge is -2.07. The van der Waals surface area contributed by atoms with Gasteiger partial charge in [0.25, 0.3) is 5.69 Å². The predicted molar refractivity (Wildman–Crippen MR) is 141 cm³/mol. The highest BCUT2D eigenvalue weighted by atomic mass is 16.6. The van der Waals surface area contributed by atoms with Crippen LogP contribution in [0.3, 0.4) is 0 Å². The summed E-state index contributed by atoms with van der Waals surface area (Å²) in [6.07, 6.45) is 21.4. The van der Waals surface area contributed by atoms with Crippen molar-refractivity contribution in [1.29, 1.82) is 0 Å². The van der Waals surface area contributed by atoms with Crippen LogP contribution in [0, 0.1) is 20.2 Å². The molecule has 8 nitrogen and oxygen atoms in total. The van der Waals surface area contributed by atoms with E-state index in [1.807, 2.05) is 6.92 Å². The molecule has 1 N–H and O–H groups in total. The van der Waals surface area contributed by atoms with Crippen LogP contribution in [0.4, 0.5) is 17.1 Å². The SMILES string of the molecule is CCCCCCCCCCCCCCCCC/C(CC)=N/Nc1ccc([N+](=O)[O-])cc1[N+](=O)[O-]. The molecule has 0 heterocycles. The maximum atomic E-state index is 11.2. The van der Waals surface area contributed by atoms with Crippen LogP contribution >= 0.6 is 0 Å². The number of unbranched alkanes of at least 4 members (excludes halogenated alkanes) is 14. The third kappa shape index (κ3) is 13.3. The van der Waals surface area contributed by atoms with E-state index in [0.29, 0.717) is 0 Å². The number of nitrogens with one attached hydrogen (secondary N) is 1. The Morgan fingerprint density at radius 3 is 1.71 bits per heavy atom. The summed E-state index contributed by atoms with van der Waals surface area (Å²) in [5, 5.41) is 26.4. The van der Waals surface area contributed by atoms with Crippen LogP contribution in [0.1, 0.15) is 123 Å². The standard InChI is InChI=1S/C26H44N4O4/c1-3-5-6-7-8-9-10-11-12-13-14-15-16-17-18-19-23(4-2)27-28-25-21-20-24(29(31)32)22-26(25)30(33)34/h20-22,28H,3-19H2,1-2H3/b27-23+. The molecule has 0 aliphatic rings. The number of rotatable bonds is 21. The summed E-state index contributed by atoms with van der Waals surface area (Å²) in [4.78, 5) is 20.8. The summed E-state index contributed by atoms with van der Waals surface area (Å²) in [5.41, 5.74) is 3.19. The average Bonchev–Trinajstić information content (AvgIpc) is 2.83. The van der Waals surface area contributed by atoms with Gasteiger partial charge in [-0.1, -0.05) is 104 Å². The summed E-state index contributed by atoms with van der Waals surface area (Å²) in [6.45, 7) is 4.27. The molecule has 0 radical (unpaired) electrons. The van der Waals surface area contributed by atoms with Crippen LogP contribution in [-0.2, 0) is 0 Å². The van der Waals surface area contributed by atoms with Gasteiger partial charge >= 0.3 is 5.69 Å². The van der Waals surface area contributed by atoms with Crippen molar-refractivity contribution in [2.75, 3.05) is 5.43 Å². The summed E-state index contributed by atoms with van der Waals surface area (Å²) in [7, 11) is 0. The van der Waals surface area contributed by atoms with Gasteiger partial charge in [0, 0.05) is 11.8 Å². The van der Waals surface area contributed by atoms with E-state index in [2.05, 4.69) is 17.5 Å². The summed E-state index contributed by atoms with van der Waals surface area (Å²) < 4.78 is 0. The van der Waals surface area contributed by atoms with Gasteiger partial charge < -0.3 is 0 Å². The molecule has 1 aromatic rings. The third-order valence-corrected chi connectivity index (χ3v) is 6.20. The second kappa shape index (κ2) is 18.9. The van der Waals surface area contributed by atoms with Gasteiger partial charge in [-0.05, 0) is 25.3 Å². The first kappa shape index (κ1) is 29.5. The fourth-order valence-corrected chi connectivity index (χ4v) is 4.03. The van der Waals surface area contributed by atoms with Crippen LogP contribution in [-0.4, -0.2) is 15.6 Å². The first-order chi connectivity index (χ1) is 16.5. The first-order valence-electron chi connectivity index (χ1n) is 13.2. The Labute approximate surface area is 204 Å². The Kier molecular flexibility index (Phi) is 16.4. The van der Waals surface area contributed by atoms with E-state index in [-0.39, 0.29) is 17.1 Å². The number of hydrogen-bond acceptors (Lipinski definition) is 6. The molecule has 0 unspecified atom stereocenters. The van der Waals surface area contributed by atoms with Crippen molar-refractivity contribution in [1.82, 2.24) is 0 Å². The fourth-order valence-electron chi connectivity index (χ4n) is 4.03. The highest BCUT2D eigenvalue weighted by Crippen LogP contribution is 2.29. The summed E-state index contributed by atoms with van der Waals surface area (Å²) in [5.74, 6) is 0. The highest BCUT2D eigenvalue weighted by Gasteiger charge is 2.19. The van der Waals surface area contributed by atoms with Crippen molar-refractivity contribution >= 4 is 22.8 Å². The molecule has 192 valence electrons. The van der Waals surface area contributed by atoms with E-state index in [9.17, 15) is 20.2 Å². The Balaban J connectivity index is 2.17. The molecular weight excluding hydrogens is 432 g/mol. The van der Waals surface area contributed by atoms with Gasteiger partial charge in [-0.25, -0.2) is 0 Å². The lowest BCUT2D eigenvalue weighted by molar-refractivity contribution is -0.393. The van der Waals surface area contributed by atoms with Gasteiger partial charge in [-0.15, -0.1) is 0 Å². The first-order valence-corrected chi connectivity index (χ1v) is 13.2. The molecule has 0 spiro atoms. The van der Waals surface area contributed by atoms with Crippen molar-refractivity contribution < 1.29 is 9.85 Å². The second-order valence-electron chi connectivity index (χ2n) is 9.06. The molecule has 34 heavy (non-hydrogen) atoms. The molecule has 0 bridgehead atoms. The van der Waals surface area contributed by atoms with Crippen molar-refractivity contribution in [3.05, 3.63) is 38.4 Å². The number of hydrogen-bond donors (Lipinski definition) is 1. The van der Waals surface area contributed by atoms with Crippen molar-refractivity contribution in [2.45, 2.75) is 123 Å². The normalized spacial score (nSPS) is 11.5. The van der Waals surface area contributed by atoms with Crippen LogP contribution in [0.2, 0.25) is 0 Å². The van der Waals surface area contributed by atoms with E-state index < -0.39 is 9.85 Å². The zero-order valence-corrected chi connectivity index (χ0v) is 21.2. The van der Waals surface area contributed by atoms with Gasteiger partial charge in [0.15, 0.2) is 0 Å². The van der Waals surface area contributed by atoms with Crippen molar-refractivity contribution in [3.8, 4) is 0 Å². The molecule has 0 fully saturated rings. The minimum atomic E-state index is -0.645. The molecule has 0 saturated heterocycles. The zero-order valence-electron chi connectivity index (χ0n) is 21.2. The molecule has 1 aromatic carbocycles. The Hall–Kier alpha value is -2.51. The van der Waals surface area contributed by atoms with Crippen LogP contribution in [0.25, 0.3) is 0 Å². The minimum Gasteiger partial charge on any atom is -0.272 e. The highest BCUT2D eigenvalue weighted by molar-refractivity contribution is 5.85. The Morgan fingerprint density at radius 2 is 1.26 bits per heavy atom. The molecule has 8 heteroatoms. The van der Waals surface area contributed by atoms with Gasteiger partial charge in [-0.2, -0.15) is 5.10 Å². The zero-order chi connectivity index (χ0) is 25.0. The molecule has 0 amide bonds. The molecule has 1 rings (SSSR count). The molecule has 0 atom stereocenters. The number of anilines is 1. The average molecular weight is 477 g/mol. The van der Waals surface area contributed by atoms with Crippen LogP contribution in [0.15, 0.2) is 23.3 Å². The van der Waals surface area contributed by atoms with Gasteiger partial charge in [0.1, 0.15) is 5.69 Å². The van der Waals surface area contributed by atoms with E-state index in [1.54, 1.807) is 0 Å². The molecule has 0 saturated carbocycles. The quantitative estimate of drug-likeness (QED) is 0.0823. The number of benzene rings is 1. The van der Waals surface area contributed by atoms with Gasteiger partial charge in [0.2, 0.25) is 0 Å². The van der Waals surface area contributed by atoms with E-state index >= 15 is 0 Å². The van der Waals surface area contributed by atoms with E-state index in [4.69, 9.17) is 0 Å². The monoisotopic (exact) mass is 476 g/mol. The maximum Gasteiger partial charge on any atom is 0.301 e. The third-order valence-electron chi connectivity index (χ3n) is 6.20. The fraction of sp³-hybridized carbons (Fsp3) is 0.731. The minimum absolute atomic E-state index is 0.165. The summed E-state index contributed by atoms with van der Waals surface area (Å²) in [6, 6.07) is 3.53. The maximum absolute atomic E-state index is 11.2. The van der Waals surface area contributed by atoms with Gasteiger partial charge in [0.05, 0.1) is 15.9 Å². The topological polar surface area (TPSA) is 111 Å².